The van der Waals surface area contributed by atoms with Gasteiger partial charge in [0.2, 0.25) is 0 Å². The van der Waals surface area contributed by atoms with Crippen LogP contribution in [-0.4, -0.2) is 25.1 Å². The van der Waals surface area contributed by atoms with E-state index in [9.17, 15) is 0 Å². The topological polar surface area (TPSA) is 21.3 Å². The lowest BCUT2D eigenvalue weighted by molar-refractivity contribution is 0.326. The second-order valence-corrected chi connectivity index (χ2v) is 5.21. The standard InChI is InChI=1S/C14H20ClNO/c1-2-5-12(15)9-16-8-11-10-17-14-7-4-3-6-13(11)14/h3-4,6-7,11-12,16H,2,5,8-10H2,1H3. The highest BCUT2D eigenvalue weighted by molar-refractivity contribution is 6.20. The number of benzene rings is 1. The highest BCUT2D eigenvalue weighted by atomic mass is 35.5. The van der Waals surface area contributed by atoms with Crippen LogP contribution in [0.3, 0.4) is 0 Å². The van der Waals surface area contributed by atoms with Crippen molar-refractivity contribution in [3.8, 4) is 5.75 Å². The number of alkyl halides is 1. The third-order valence-corrected chi connectivity index (χ3v) is 3.53. The van der Waals surface area contributed by atoms with Crippen LogP contribution in [0.25, 0.3) is 0 Å². The Morgan fingerprint density at radius 2 is 2.29 bits per heavy atom. The molecular weight excluding hydrogens is 234 g/mol. The number of halogens is 1. The van der Waals surface area contributed by atoms with E-state index >= 15 is 0 Å². The average molecular weight is 254 g/mol. The third kappa shape index (κ3) is 3.36. The van der Waals surface area contributed by atoms with Gasteiger partial charge in [-0.2, -0.15) is 0 Å². The Balaban J connectivity index is 1.78. The molecule has 0 amide bonds. The SMILES string of the molecule is CCCC(Cl)CNCC1COc2ccccc21. The molecule has 0 aliphatic carbocycles. The Morgan fingerprint density at radius 3 is 3.12 bits per heavy atom. The Bertz CT molecular complexity index is 356. The normalized spacial score (nSPS) is 19.8. The fraction of sp³-hybridized carbons (Fsp3) is 0.571. The molecule has 1 aromatic rings. The van der Waals surface area contributed by atoms with Crippen molar-refractivity contribution in [2.24, 2.45) is 0 Å². The fourth-order valence-electron chi connectivity index (χ4n) is 2.23. The first-order chi connectivity index (χ1) is 8.31. The maximum Gasteiger partial charge on any atom is 0.122 e. The molecule has 94 valence electrons. The Labute approximate surface area is 108 Å². The van der Waals surface area contributed by atoms with Crippen molar-refractivity contribution in [3.63, 3.8) is 0 Å². The summed E-state index contributed by atoms with van der Waals surface area (Å²) >= 11 is 6.17. The van der Waals surface area contributed by atoms with Crippen molar-refractivity contribution in [3.05, 3.63) is 29.8 Å². The molecule has 2 atom stereocenters. The van der Waals surface area contributed by atoms with Crippen LogP contribution in [0.5, 0.6) is 5.75 Å². The number of para-hydroxylation sites is 1. The first-order valence-electron chi connectivity index (χ1n) is 6.37. The van der Waals surface area contributed by atoms with Crippen LogP contribution in [0.15, 0.2) is 24.3 Å². The summed E-state index contributed by atoms with van der Waals surface area (Å²) in [4.78, 5) is 0. The van der Waals surface area contributed by atoms with E-state index in [1.165, 1.54) is 5.56 Å². The van der Waals surface area contributed by atoms with Crippen LogP contribution in [-0.2, 0) is 0 Å². The molecule has 1 aromatic carbocycles. The summed E-state index contributed by atoms with van der Waals surface area (Å²) in [6, 6.07) is 8.28. The van der Waals surface area contributed by atoms with E-state index in [0.717, 1.165) is 38.3 Å². The molecule has 1 N–H and O–H groups in total. The summed E-state index contributed by atoms with van der Waals surface area (Å²) in [5, 5.41) is 3.69. The maximum absolute atomic E-state index is 6.17. The fourth-order valence-corrected chi connectivity index (χ4v) is 2.56. The molecule has 0 aromatic heterocycles. The summed E-state index contributed by atoms with van der Waals surface area (Å²) in [7, 11) is 0. The van der Waals surface area contributed by atoms with Crippen molar-refractivity contribution in [1.82, 2.24) is 5.32 Å². The van der Waals surface area contributed by atoms with E-state index in [1.54, 1.807) is 0 Å². The van der Waals surface area contributed by atoms with Gasteiger partial charge >= 0.3 is 0 Å². The largest absolute Gasteiger partial charge is 0.493 e. The van der Waals surface area contributed by atoms with Crippen molar-refractivity contribution >= 4 is 11.6 Å². The molecule has 0 bridgehead atoms. The van der Waals surface area contributed by atoms with E-state index in [4.69, 9.17) is 16.3 Å². The summed E-state index contributed by atoms with van der Waals surface area (Å²) in [6.45, 7) is 4.78. The van der Waals surface area contributed by atoms with Crippen molar-refractivity contribution < 1.29 is 4.74 Å². The van der Waals surface area contributed by atoms with Gasteiger partial charge in [-0.15, -0.1) is 11.6 Å². The van der Waals surface area contributed by atoms with Gasteiger partial charge in [0.05, 0.1) is 6.61 Å². The van der Waals surface area contributed by atoms with Crippen LogP contribution in [0, 0.1) is 0 Å². The summed E-state index contributed by atoms with van der Waals surface area (Å²) in [6.07, 6.45) is 2.22. The molecule has 2 rings (SSSR count). The quantitative estimate of drug-likeness (QED) is 0.787. The minimum absolute atomic E-state index is 0.248. The van der Waals surface area contributed by atoms with E-state index in [1.807, 2.05) is 12.1 Å². The minimum Gasteiger partial charge on any atom is -0.493 e. The van der Waals surface area contributed by atoms with Gasteiger partial charge < -0.3 is 10.1 Å². The molecule has 1 aliphatic heterocycles. The first kappa shape index (κ1) is 12.7. The maximum atomic E-state index is 6.17. The lowest BCUT2D eigenvalue weighted by Gasteiger charge is -2.13. The van der Waals surface area contributed by atoms with Crippen LogP contribution in [0.1, 0.15) is 31.2 Å². The molecule has 0 saturated heterocycles. The van der Waals surface area contributed by atoms with Gasteiger partial charge in [0.15, 0.2) is 0 Å². The molecule has 0 spiro atoms. The molecule has 0 radical (unpaired) electrons. The molecule has 2 unspecified atom stereocenters. The molecule has 0 saturated carbocycles. The van der Waals surface area contributed by atoms with Gasteiger partial charge in [0.1, 0.15) is 5.75 Å². The second-order valence-electron chi connectivity index (χ2n) is 4.59. The Morgan fingerprint density at radius 1 is 1.47 bits per heavy atom. The Hall–Kier alpha value is -0.730. The smallest absolute Gasteiger partial charge is 0.122 e. The molecule has 0 fully saturated rings. The van der Waals surface area contributed by atoms with Crippen LogP contribution >= 0.6 is 11.6 Å². The summed E-state index contributed by atoms with van der Waals surface area (Å²) in [5.74, 6) is 1.51. The van der Waals surface area contributed by atoms with Gasteiger partial charge in [-0.25, -0.2) is 0 Å². The lowest BCUT2D eigenvalue weighted by atomic mass is 10.0. The predicted octanol–water partition coefficient (Wildman–Crippen LogP) is 3.16. The van der Waals surface area contributed by atoms with Crippen molar-refractivity contribution in [2.75, 3.05) is 19.7 Å². The van der Waals surface area contributed by atoms with E-state index in [-0.39, 0.29) is 5.38 Å². The van der Waals surface area contributed by atoms with Crippen LogP contribution in [0.4, 0.5) is 0 Å². The highest BCUT2D eigenvalue weighted by Gasteiger charge is 2.23. The van der Waals surface area contributed by atoms with E-state index in [2.05, 4.69) is 24.4 Å². The van der Waals surface area contributed by atoms with Gasteiger partial charge in [-0.05, 0) is 12.5 Å². The number of ether oxygens (including phenoxy) is 1. The molecular formula is C14H20ClNO. The van der Waals surface area contributed by atoms with Crippen molar-refractivity contribution in [2.45, 2.75) is 31.1 Å². The number of nitrogens with one attached hydrogen (secondary N) is 1. The third-order valence-electron chi connectivity index (χ3n) is 3.16. The van der Waals surface area contributed by atoms with Crippen molar-refractivity contribution in [1.29, 1.82) is 0 Å². The number of rotatable bonds is 6. The predicted molar refractivity (Wildman–Crippen MR) is 72.1 cm³/mol. The highest BCUT2D eigenvalue weighted by Crippen LogP contribution is 2.32. The molecule has 1 aliphatic rings. The number of hydrogen-bond donors (Lipinski definition) is 1. The van der Waals surface area contributed by atoms with Gasteiger partial charge in [0.25, 0.3) is 0 Å². The molecule has 1 heterocycles. The Kier molecular flexibility index (Phi) is 4.69. The lowest BCUT2D eigenvalue weighted by Crippen LogP contribution is -2.28. The van der Waals surface area contributed by atoms with Gasteiger partial charge in [0, 0.05) is 29.9 Å². The number of hydrogen-bond acceptors (Lipinski definition) is 2. The van der Waals surface area contributed by atoms with Crippen LogP contribution in [0.2, 0.25) is 0 Å². The zero-order valence-corrected chi connectivity index (χ0v) is 11.0. The zero-order valence-electron chi connectivity index (χ0n) is 10.3. The molecule has 2 nitrogen and oxygen atoms in total. The van der Waals surface area contributed by atoms with Crippen LogP contribution < -0.4 is 10.1 Å². The second kappa shape index (κ2) is 6.27. The summed E-state index contributed by atoms with van der Waals surface area (Å²) < 4.78 is 5.64. The summed E-state index contributed by atoms with van der Waals surface area (Å²) in [5.41, 5.74) is 1.32. The van der Waals surface area contributed by atoms with Gasteiger partial charge in [-0.3, -0.25) is 0 Å². The minimum atomic E-state index is 0.248. The van der Waals surface area contributed by atoms with E-state index in [0.29, 0.717) is 5.92 Å². The number of fused-ring (bicyclic) bond motifs is 1. The first-order valence-corrected chi connectivity index (χ1v) is 6.81. The molecule has 17 heavy (non-hydrogen) atoms. The average Bonchev–Trinajstić information content (AvgIpc) is 2.73. The van der Waals surface area contributed by atoms with E-state index < -0.39 is 0 Å². The van der Waals surface area contributed by atoms with Gasteiger partial charge in [-0.1, -0.05) is 31.5 Å². The molecule has 3 heteroatoms. The zero-order chi connectivity index (χ0) is 12.1. The monoisotopic (exact) mass is 253 g/mol.